The second-order valence-corrected chi connectivity index (χ2v) is 5.57. The molecule has 1 aromatic carbocycles. The van der Waals surface area contributed by atoms with Crippen molar-refractivity contribution in [3.05, 3.63) is 28.8 Å². The van der Waals surface area contributed by atoms with E-state index in [4.69, 9.17) is 16.3 Å². The number of hydrogen-bond donors (Lipinski definition) is 2. The Hall–Kier alpha value is -1.40. The summed E-state index contributed by atoms with van der Waals surface area (Å²) in [6.45, 7) is 5.00. The Morgan fingerprint density at radius 3 is 2.50 bits per heavy atom. The molecule has 0 aliphatic carbocycles. The van der Waals surface area contributed by atoms with Crippen molar-refractivity contribution in [1.82, 2.24) is 0 Å². The van der Waals surface area contributed by atoms with Crippen LogP contribution >= 0.6 is 11.6 Å². The Bertz CT molecular complexity index is 489. The maximum Gasteiger partial charge on any atom is 0.412 e. The van der Waals surface area contributed by atoms with Crippen LogP contribution in [0.3, 0.4) is 0 Å². The van der Waals surface area contributed by atoms with Gasteiger partial charge in [-0.15, -0.1) is 0 Å². The van der Waals surface area contributed by atoms with Gasteiger partial charge in [0, 0.05) is 10.6 Å². The van der Waals surface area contributed by atoms with Gasteiger partial charge < -0.3 is 9.84 Å². The molecule has 0 aromatic heterocycles. The molecule has 112 valence electrons. The highest BCUT2D eigenvalue weighted by Crippen LogP contribution is 2.30. The molecule has 0 saturated heterocycles. The fraction of sp³-hybridized carbons (Fsp3) is 0.462. The first-order chi connectivity index (χ1) is 9.10. The SMILES string of the molecule is CC(C)(C)OC(=O)Nc1cc(Cl)ccc1C(O)C(F)F. The summed E-state index contributed by atoms with van der Waals surface area (Å²) in [4.78, 5) is 11.6. The maximum atomic E-state index is 12.6. The molecule has 0 radical (unpaired) electrons. The van der Waals surface area contributed by atoms with E-state index in [1.54, 1.807) is 20.8 Å². The van der Waals surface area contributed by atoms with Crippen molar-refractivity contribution in [1.29, 1.82) is 0 Å². The zero-order chi connectivity index (χ0) is 15.5. The van der Waals surface area contributed by atoms with E-state index in [1.807, 2.05) is 0 Å². The highest BCUT2D eigenvalue weighted by molar-refractivity contribution is 6.31. The first-order valence-corrected chi connectivity index (χ1v) is 6.23. The van der Waals surface area contributed by atoms with Gasteiger partial charge in [0.05, 0.1) is 5.69 Å². The molecule has 4 nitrogen and oxygen atoms in total. The molecule has 1 aromatic rings. The third-order valence-electron chi connectivity index (χ3n) is 2.21. The summed E-state index contributed by atoms with van der Waals surface area (Å²) in [5.74, 6) is 0. The number of halogens is 3. The van der Waals surface area contributed by atoms with Gasteiger partial charge in [-0.1, -0.05) is 17.7 Å². The highest BCUT2D eigenvalue weighted by Gasteiger charge is 2.24. The predicted molar refractivity (Wildman–Crippen MR) is 72.3 cm³/mol. The lowest BCUT2D eigenvalue weighted by atomic mass is 10.1. The van der Waals surface area contributed by atoms with Crippen LogP contribution < -0.4 is 5.32 Å². The molecule has 1 rings (SSSR count). The minimum absolute atomic E-state index is 0.0143. The molecule has 0 heterocycles. The van der Waals surface area contributed by atoms with Crippen LogP contribution in [0.15, 0.2) is 18.2 Å². The normalized spacial score (nSPS) is 13.2. The molecule has 2 N–H and O–H groups in total. The predicted octanol–water partition coefficient (Wildman–Crippen LogP) is 3.99. The molecule has 0 aliphatic rings. The molecule has 0 aliphatic heterocycles. The van der Waals surface area contributed by atoms with Gasteiger partial charge in [0.2, 0.25) is 0 Å². The average Bonchev–Trinajstić information content (AvgIpc) is 2.25. The average molecular weight is 308 g/mol. The number of benzene rings is 1. The third kappa shape index (κ3) is 4.94. The summed E-state index contributed by atoms with van der Waals surface area (Å²) < 4.78 is 30.2. The standard InChI is InChI=1S/C13H16ClF2NO3/c1-13(2,3)20-12(19)17-9-6-7(14)4-5-8(9)10(18)11(15)16/h4-6,10-11,18H,1-3H3,(H,17,19). The second kappa shape index (κ2) is 6.37. The van der Waals surface area contributed by atoms with E-state index >= 15 is 0 Å². The largest absolute Gasteiger partial charge is 0.444 e. The fourth-order valence-corrected chi connectivity index (χ4v) is 1.62. The van der Waals surface area contributed by atoms with Crippen LogP contribution in [0, 0.1) is 0 Å². The van der Waals surface area contributed by atoms with E-state index in [-0.39, 0.29) is 16.3 Å². The van der Waals surface area contributed by atoms with Gasteiger partial charge in [-0.05, 0) is 32.9 Å². The number of hydrogen-bond acceptors (Lipinski definition) is 3. The third-order valence-corrected chi connectivity index (χ3v) is 2.44. The number of nitrogens with one attached hydrogen (secondary N) is 1. The molecular weight excluding hydrogens is 292 g/mol. The lowest BCUT2D eigenvalue weighted by Crippen LogP contribution is -2.27. The number of alkyl halides is 2. The van der Waals surface area contributed by atoms with Crippen LogP contribution in [0.5, 0.6) is 0 Å². The van der Waals surface area contributed by atoms with E-state index in [0.29, 0.717) is 0 Å². The van der Waals surface area contributed by atoms with Crippen molar-refractivity contribution >= 4 is 23.4 Å². The first-order valence-electron chi connectivity index (χ1n) is 5.86. The second-order valence-electron chi connectivity index (χ2n) is 5.14. The monoisotopic (exact) mass is 307 g/mol. The number of amides is 1. The van der Waals surface area contributed by atoms with Crippen molar-refractivity contribution < 1.29 is 23.4 Å². The number of carbonyl (C=O) groups excluding carboxylic acids is 1. The van der Waals surface area contributed by atoms with Crippen LogP contribution in [-0.2, 0) is 4.74 Å². The van der Waals surface area contributed by atoms with Crippen molar-refractivity contribution in [2.75, 3.05) is 5.32 Å². The van der Waals surface area contributed by atoms with Crippen molar-refractivity contribution in [2.24, 2.45) is 0 Å². The van der Waals surface area contributed by atoms with E-state index in [1.165, 1.54) is 18.2 Å². The van der Waals surface area contributed by atoms with Gasteiger partial charge in [-0.3, -0.25) is 5.32 Å². The van der Waals surface area contributed by atoms with Crippen LogP contribution in [0.4, 0.5) is 19.3 Å². The Morgan fingerprint density at radius 2 is 2.00 bits per heavy atom. The van der Waals surface area contributed by atoms with Crippen molar-refractivity contribution in [3.63, 3.8) is 0 Å². The van der Waals surface area contributed by atoms with Crippen LogP contribution in [0.2, 0.25) is 5.02 Å². The molecule has 7 heteroatoms. The lowest BCUT2D eigenvalue weighted by molar-refractivity contribution is -0.00545. The Balaban J connectivity index is 2.98. The topological polar surface area (TPSA) is 58.6 Å². The summed E-state index contributed by atoms with van der Waals surface area (Å²) in [6, 6.07) is 3.85. The van der Waals surface area contributed by atoms with Gasteiger partial charge in [-0.25, -0.2) is 13.6 Å². The minimum atomic E-state index is -2.98. The molecule has 1 atom stereocenters. The van der Waals surface area contributed by atoms with Gasteiger partial charge in [0.1, 0.15) is 11.7 Å². The number of aliphatic hydroxyl groups is 1. The number of anilines is 1. The Labute approximate surface area is 120 Å². The summed E-state index contributed by atoms with van der Waals surface area (Å²) in [6.07, 6.45) is -5.81. The molecule has 1 amide bonds. The molecule has 1 unspecified atom stereocenters. The van der Waals surface area contributed by atoms with Gasteiger partial charge >= 0.3 is 6.09 Å². The Morgan fingerprint density at radius 1 is 1.40 bits per heavy atom. The van der Waals surface area contributed by atoms with Gasteiger partial charge in [0.25, 0.3) is 6.43 Å². The number of aliphatic hydroxyl groups excluding tert-OH is 1. The summed E-state index contributed by atoms with van der Waals surface area (Å²) in [7, 11) is 0. The van der Waals surface area contributed by atoms with E-state index in [9.17, 15) is 18.7 Å². The van der Waals surface area contributed by atoms with Crippen molar-refractivity contribution in [3.8, 4) is 0 Å². The minimum Gasteiger partial charge on any atom is -0.444 e. The van der Waals surface area contributed by atoms with Crippen LogP contribution in [0.25, 0.3) is 0 Å². The van der Waals surface area contributed by atoms with E-state index in [2.05, 4.69) is 5.32 Å². The molecule has 0 bridgehead atoms. The lowest BCUT2D eigenvalue weighted by Gasteiger charge is -2.21. The molecular formula is C13H16ClF2NO3. The van der Waals surface area contributed by atoms with Crippen molar-refractivity contribution in [2.45, 2.75) is 38.9 Å². The van der Waals surface area contributed by atoms with E-state index in [0.717, 1.165) is 0 Å². The Kier molecular flexibility index (Phi) is 5.30. The zero-order valence-electron chi connectivity index (χ0n) is 11.3. The smallest absolute Gasteiger partial charge is 0.412 e. The zero-order valence-corrected chi connectivity index (χ0v) is 12.0. The van der Waals surface area contributed by atoms with Crippen LogP contribution in [-0.4, -0.2) is 23.2 Å². The fourth-order valence-electron chi connectivity index (χ4n) is 1.44. The number of carbonyl (C=O) groups is 1. The summed E-state index contributed by atoms with van der Waals surface area (Å²) in [5.41, 5.74) is -0.876. The summed E-state index contributed by atoms with van der Waals surface area (Å²) >= 11 is 5.76. The molecule has 0 spiro atoms. The maximum absolute atomic E-state index is 12.6. The van der Waals surface area contributed by atoms with Gasteiger partial charge in [0.15, 0.2) is 0 Å². The number of ether oxygens (including phenoxy) is 1. The first kappa shape index (κ1) is 16.7. The quantitative estimate of drug-likeness (QED) is 0.888. The van der Waals surface area contributed by atoms with Crippen LogP contribution in [0.1, 0.15) is 32.4 Å². The molecule has 0 saturated carbocycles. The molecule has 20 heavy (non-hydrogen) atoms. The van der Waals surface area contributed by atoms with E-state index < -0.39 is 24.2 Å². The van der Waals surface area contributed by atoms with Gasteiger partial charge in [-0.2, -0.15) is 0 Å². The summed E-state index contributed by atoms with van der Waals surface area (Å²) in [5, 5.41) is 12.0. The number of rotatable bonds is 3. The molecule has 0 fully saturated rings. The highest BCUT2D eigenvalue weighted by atomic mass is 35.5.